The number of aryl methyl sites for hydroxylation is 1. The number of aliphatic hydroxyl groups is 1. The van der Waals surface area contributed by atoms with E-state index in [4.69, 9.17) is 5.73 Å². The summed E-state index contributed by atoms with van der Waals surface area (Å²) >= 11 is 0. The molecule has 0 aromatic heterocycles. The number of hydrogen-bond acceptors (Lipinski definition) is 3. The quantitative estimate of drug-likeness (QED) is 0.711. The molecule has 18 heavy (non-hydrogen) atoms. The number of rotatable bonds is 3. The van der Waals surface area contributed by atoms with Crippen LogP contribution < -0.4 is 11.1 Å². The van der Waals surface area contributed by atoms with Crippen LogP contribution in [-0.2, 0) is 0 Å². The van der Waals surface area contributed by atoms with Crippen LogP contribution in [0.2, 0.25) is 0 Å². The summed E-state index contributed by atoms with van der Waals surface area (Å²) in [7, 11) is 0. The summed E-state index contributed by atoms with van der Waals surface area (Å²) in [6, 6.07) is 5.37. The standard InChI is InChI=1S/C14H20N2O2/c1-10-4-5-12(15)11(8-10)13(17)16-9-14(18)6-2-3-7-14/h4-5,8,18H,2-3,6-7,9,15H2,1H3,(H,16,17). The topological polar surface area (TPSA) is 75.4 Å². The van der Waals surface area contributed by atoms with E-state index >= 15 is 0 Å². The molecule has 2 rings (SSSR count). The molecule has 1 aromatic carbocycles. The van der Waals surface area contributed by atoms with Crippen LogP contribution in [0.4, 0.5) is 5.69 Å². The van der Waals surface area contributed by atoms with E-state index in [0.29, 0.717) is 17.8 Å². The molecule has 0 spiro atoms. The second kappa shape index (κ2) is 4.98. The molecular weight excluding hydrogens is 228 g/mol. The van der Waals surface area contributed by atoms with Gasteiger partial charge >= 0.3 is 0 Å². The minimum atomic E-state index is -0.728. The molecule has 1 aliphatic rings. The number of nitrogens with two attached hydrogens (primary N) is 1. The lowest BCUT2D eigenvalue weighted by Gasteiger charge is -2.22. The van der Waals surface area contributed by atoms with Crippen LogP contribution in [0.15, 0.2) is 18.2 Å². The first kappa shape index (κ1) is 12.9. The SMILES string of the molecule is Cc1ccc(N)c(C(=O)NCC2(O)CCCC2)c1. The van der Waals surface area contributed by atoms with Crippen molar-refractivity contribution in [3.8, 4) is 0 Å². The first-order chi connectivity index (χ1) is 8.50. The lowest BCUT2D eigenvalue weighted by Crippen LogP contribution is -2.40. The van der Waals surface area contributed by atoms with Crippen molar-refractivity contribution in [1.29, 1.82) is 0 Å². The van der Waals surface area contributed by atoms with Gasteiger partial charge in [0.1, 0.15) is 0 Å². The van der Waals surface area contributed by atoms with Crippen LogP contribution in [0.5, 0.6) is 0 Å². The number of carbonyl (C=O) groups is 1. The summed E-state index contributed by atoms with van der Waals surface area (Å²) in [5, 5.41) is 12.9. The van der Waals surface area contributed by atoms with Crippen molar-refractivity contribution >= 4 is 11.6 Å². The third-order valence-corrected chi connectivity index (χ3v) is 3.57. The van der Waals surface area contributed by atoms with Crippen LogP contribution in [0.3, 0.4) is 0 Å². The molecule has 1 aromatic rings. The molecule has 0 saturated heterocycles. The van der Waals surface area contributed by atoms with Gasteiger partial charge in [0, 0.05) is 12.2 Å². The summed E-state index contributed by atoms with van der Waals surface area (Å²) in [5.41, 5.74) is 7.00. The smallest absolute Gasteiger partial charge is 0.253 e. The molecule has 0 bridgehead atoms. The van der Waals surface area contributed by atoms with E-state index in [9.17, 15) is 9.90 Å². The Balaban J connectivity index is 2.01. The van der Waals surface area contributed by atoms with E-state index in [1.54, 1.807) is 12.1 Å². The average molecular weight is 248 g/mol. The van der Waals surface area contributed by atoms with Crippen LogP contribution >= 0.6 is 0 Å². The van der Waals surface area contributed by atoms with Gasteiger partial charge in [0.2, 0.25) is 0 Å². The third kappa shape index (κ3) is 2.82. The Bertz CT molecular complexity index is 451. The number of benzene rings is 1. The van der Waals surface area contributed by atoms with Crippen LogP contribution in [0.1, 0.15) is 41.6 Å². The maximum atomic E-state index is 12.0. The van der Waals surface area contributed by atoms with Crippen molar-refractivity contribution in [3.05, 3.63) is 29.3 Å². The Morgan fingerprint density at radius 2 is 2.11 bits per heavy atom. The van der Waals surface area contributed by atoms with E-state index in [1.165, 1.54) is 0 Å². The molecule has 1 fully saturated rings. The van der Waals surface area contributed by atoms with Gasteiger partial charge in [-0.1, -0.05) is 24.5 Å². The molecule has 4 heteroatoms. The molecule has 0 atom stereocenters. The fraction of sp³-hybridized carbons (Fsp3) is 0.500. The third-order valence-electron chi connectivity index (χ3n) is 3.57. The summed E-state index contributed by atoms with van der Waals surface area (Å²) in [6.45, 7) is 2.22. The average Bonchev–Trinajstić information content (AvgIpc) is 2.77. The lowest BCUT2D eigenvalue weighted by atomic mass is 10.0. The largest absolute Gasteiger partial charge is 0.398 e. The van der Waals surface area contributed by atoms with Crippen molar-refractivity contribution in [2.75, 3.05) is 12.3 Å². The van der Waals surface area contributed by atoms with Gasteiger partial charge in [-0.15, -0.1) is 0 Å². The molecular formula is C14H20N2O2. The number of hydrogen-bond donors (Lipinski definition) is 3. The fourth-order valence-corrected chi connectivity index (χ4v) is 2.42. The Morgan fingerprint density at radius 1 is 1.44 bits per heavy atom. The first-order valence-corrected chi connectivity index (χ1v) is 6.37. The number of anilines is 1. The van der Waals surface area contributed by atoms with Crippen LogP contribution in [-0.4, -0.2) is 23.2 Å². The molecule has 1 aliphatic carbocycles. The van der Waals surface area contributed by atoms with E-state index < -0.39 is 5.60 Å². The van der Waals surface area contributed by atoms with Crippen molar-refractivity contribution in [2.24, 2.45) is 0 Å². The summed E-state index contributed by atoms with van der Waals surface area (Å²) in [6.07, 6.45) is 3.57. The van der Waals surface area contributed by atoms with Crippen molar-refractivity contribution in [1.82, 2.24) is 5.32 Å². The van der Waals surface area contributed by atoms with Gasteiger partial charge in [0.15, 0.2) is 0 Å². The van der Waals surface area contributed by atoms with Gasteiger partial charge in [-0.25, -0.2) is 0 Å². The van der Waals surface area contributed by atoms with Gasteiger partial charge in [-0.2, -0.15) is 0 Å². The number of nitrogens with one attached hydrogen (secondary N) is 1. The molecule has 98 valence electrons. The molecule has 0 aliphatic heterocycles. The molecule has 4 nitrogen and oxygen atoms in total. The van der Waals surface area contributed by atoms with Gasteiger partial charge in [-0.3, -0.25) is 4.79 Å². The van der Waals surface area contributed by atoms with Crippen molar-refractivity contribution in [2.45, 2.75) is 38.2 Å². The highest BCUT2D eigenvalue weighted by Crippen LogP contribution is 2.28. The Labute approximate surface area is 107 Å². The molecule has 0 unspecified atom stereocenters. The second-order valence-corrected chi connectivity index (χ2v) is 5.20. The number of nitrogen functional groups attached to an aromatic ring is 1. The van der Waals surface area contributed by atoms with Crippen molar-refractivity contribution < 1.29 is 9.90 Å². The van der Waals surface area contributed by atoms with E-state index in [-0.39, 0.29) is 5.91 Å². The zero-order chi connectivity index (χ0) is 13.2. The monoisotopic (exact) mass is 248 g/mol. The molecule has 4 N–H and O–H groups in total. The predicted octanol–water partition coefficient (Wildman–Crippen LogP) is 1.61. The minimum Gasteiger partial charge on any atom is -0.398 e. The highest BCUT2D eigenvalue weighted by atomic mass is 16.3. The van der Waals surface area contributed by atoms with E-state index in [2.05, 4.69) is 5.32 Å². The molecule has 0 heterocycles. The Kier molecular flexibility index (Phi) is 3.57. The summed E-state index contributed by atoms with van der Waals surface area (Å²) in [4.78, 5) is 12.0. The Morgan fingerprint density at radius 3 is 2.78 bits per heavy atom. The zero-order valence-corrected chi connectivity index (χ0v) is 10.7. The lowest BCUT2D eigenvalue weighted by molar-refractivity contribution is 0.0450. The second-order valence-electron chi connectivity index (χ2n) is 5.20. The zero-order valence-electron chi connectivity index (χ0n) is 10.7. The first-order valence-electron chi connectivity index (χ1n) is 6.37. The fourth-order valence-electron chi connectivity index (χ4n) is 2.42. The van der Waals surface area contributed by atoms with E-state index in [0.717, 1.165) is 31.2 Å². The summed E-state index contributed by atoms with van der Waals surface area (Å²) < 4.78 is 0. The maximum Gasteiger partial charge on any atom is 0.253 e. The van der Waals surface area contributed by atoms with Gasteiger partial charge < -0.3 is 16.2 Å². The molecule has 1 saturated carbocycles. The predicted molar refractivity (Wildman–Crippen MR) is 71.3 cm³/mol. The highest BCUT2D eigenvalue weighted by molar-refractivity contribution is 5.99. The van der Waals surface area contributed by atoms with Gasteiger partial charge in [0.05, 0.1) is 11.2 Å². The summed E-state index contributed by atoms with van der Waals surface area (Å²) in [5.74, 6) is -0.212. The molecule has 1 amide bonds. The molecule has 0 radical (unpaired) electrons. The number of carbonyl (C=O) groups excluding carboxylic acids is 1. The van der Waals surface area contributed by atoms with Gasteiger partial charge in [0.25, 0.3) is 5.91 Å². The van der Waals surface area contributed by atoms with E-state index in [1.807, 2.05) is 13.0 Å². The minimum absolute atomic E-state index is 0.212. The Hall–Kier alpha value is -1.55. The normalized spacial score (nSPS) is 17.7. The highest BCUT2D eigenvalue weighted by Gasteiger charge is 2.31. The van der Waals surface area contributed by atoms with Crippen molar-refractivity contribution in [3.63, 3.8) is 0 Å². The number of amides is 1. The maximum absolute atomic E-state index is 12.0. The van der Waals surface area contributed by atoms with Crippen LogP contribution in [0, 0.1) is 6.92 Å². The van der Waals surface area contributed by atoms with Crippen LogP contribution in [0.25, 0.3) is 0 Å². The van der Waals surface area contributed by atoms with Gasteiger partial charge in [-0.05, 0) is 31.9 Å².